The molecule has 82 valence electrons. The van der Waals surface area contributed by atoms with E-state index in [2.05, 4.69) is 24.4 Å². The van der Waals surface area contributed by atoms with E-state index in [1.807, 2.05) is 13.0 Å². The number of rotatable bonds is 3. The second-order valence-electron chi connectivity index (χ2n) is 4.08. The van der Waals surface area contributed by atoms with Gasteiger partial charge in [-0.15, -0.1) is 0 Å². The van der Waals surface area contributed by atoms with Crippen molar-refractivity contribution in [1.82, 2.24) is 0 Å². The molecule has 0 fully saturated rings. The van der Waals surface area contributed by atoms with Crippen molar-refractivity contribution >= 4 is 5.69 Å². The third-order valence-electron chi connectivity index (χ3n) is 3.07. The molecule has 2 nitrogen and oxygen atoms in total. The van der Waals surface area contributed by atoms with Gasteiger partial charge >= 0.3 is 0 Å². The maximum Gasteiger partial charge on any atom is 0.142 e. The van der Waals surface area contributed by atoms with Gasteiger partial charge in [0.25, 0.3) is 0 Å². The predicted molar refractivity (Wildman–Crippen MR) is 63.6 cm³/mol. The zero-order valence-corrected chi connectivity index (χ0v) is 9.55. The fourth-order valence-electron chi connectivity index (χ4n) is 2.14. The molecule has 1 aromatic rings. The van der Waals surface area contributed by atoms with Gasteiger partial charge in [0.1, 0.15) is 5.75 Å². The van der Waals surface area contributed by atoms with Crippen molar-refractivity contribution in [3.63, 3.8) is 0 Å². The monoisotopic (exact) mass is 205 g/mol. The van der Waals surface area contributed by atoms with Gasteiger partial charge in [0.15, 0.2) is 0 Å². The summed E-state index contributed by atoms with van der Waals surface area (Å²) in [5.41, 5.74) is 2.61. The van der Waals surface area contributed by atoms with E-state index in [1.165, 1.54) is 24.1 Å². The van der Waals surface area contributed by atoms with Crippen molar-refractivity contribution in [2.75, 3.05) is 18.5 Å². The van der Waals surface area contributed by atoms with Crippen molar-refractivity contribution in [3.05, 3.63) is 23.8 Å². The number of fused-ring (bicyclic) bond motifs is 1. The Labute approximate surface area is 91.6 Å². The first-order valence-corrected chi connectivity index (χ1v) is 5.83. The summed E-state index contributed by atoms with van der Waals surface area (Å²) in [5, 5.41) is 3.49. The third-order valence-corrected chi connectivity index (χ3v) is 3.07. The fraction of sp³-hybridized carbons (Fsp3) is 0.538. The minimum Gasteiger partial charge on any atom is -0.492 e. The van der Waals surface area contributed by atoms with Crippen molar-refractivity contribution in [2.24, 2.45) is 5.92 Å². The van der Waals surface area contributed by atoms with Crippen molar-refractivity contribution in [1.29, 1.82) is 0 Å². The first-order chi connectivity index (χ1) is 7.35. The highest BCUT2D eigenvalue weighted by molar-refractivity contribution is 5.63. The topological polar surface area (TPSA) is 21.3 Å². The standard InChI is InChI=1S/C13H19NO/c1-3-10-8-11-6-5-7-12(15-4-2)13(11)14-9-10/h5-7,10,14H,3-4,8-9H2,1-2H3. The smallest absolute Gasteiger partial charge is 0.142 e. The Balaban J connectivity index is 2.25. The zero-order chi connectivity index (χ0) is 10.7. The van der Waals surface area contributed by atoms with Gasteiger partial charge < -0.3 is 10.1 Å². The van der Waals surface area contributed by atoms with Crippen LogP contribution in [0.3, 0.4) is 0 Å². The van der Waals surface area contributed by atoms with Gasteiger partial charge in [0.05, 0.1) is 12.3 Å². The zero-order valence-electron chi connectivity index (χ0n) is 9.55. The summed E-state index contributed by atoms with van der Waals surface area (Å²) in [6, 6.07) is 6.33. The molecule has 1 unspecified atom stereocenters. The largest absolute Gasteiger partial charge is 0.492 e. The second kappa shape index (κ2) is 4.56. The summed E-state index contributed by atoms with van der Waals surface area (Å²) in [7, 11) is 0. The van der Waals surface area contributed by atoms with E-state index < -0.39 is 0 Å². The summed E-state index contributed by atoms with van der Waals surface area (Å²) >= 11 is 0. The Morgan fingerprint density at radius 1 is 1.40 bits per heavy atom. The lowest BCUT2D eigenvalue weighted by Crippen LogP contribution is -2.23. The number of hydrogen-bond donors (Lipinski definition) is 1. The average Bonchev–Trinajstić information content (AvgIpc) is 2.29. The molecule has 1 aliphatic rings. The predicted octanol–water partition coefficient (Wildman–Crippen LogP) is 3.08. The molecular formula is C13H19NO. The molecule has 0 aromatic heterocycles. The van der Waals surface area contributed by atoms with Crippen LogP contribution in [0.2, 0.25) is 0 Å². The average molecular weight is 205 g/mol. The molecule has 1 heterocycles. The van der Waals surface area contributed by atoms with Gasteiger partial charge in [-0.3, -0.25) is 0 Å². The highest BCUT2D eigenvalue weighted by atomic mass is 16.5. The summed E-state index contributed by atoms with van der Waals surface area (Å²) in [6.45, 7) is 6.09. The molecule has 0 saturated carbocycles. The lowest BCUT2D eigenvalue weighted by molar-refractivity contribution is 0.340. The second-order valence-corrected chi connectivity index (χ2v) is 4.08. The number of benzene rings is 1. The molecule has 0 radical (unpaired) electrons. The van der Waals surface area contributed by atoms with Crippen molar-refractivity contribution in [2.45, 2.75) is 26.7 Å². The van der Waals surface area contributed by atoms with E-state index >= 15 is 0 Å². The van der Waals surface area contributed by atoms with Crippen LogP contribution in [0.4, 0.5) is 5.69 Å². The molecule has 1 atom stereocenters. The molecule has 2 heteroatoms. The van der Waals surface area contributed by atoms with Gasteiger partial charge in [-0.25, -0.2) is 0 Å². The quantitative estimate of drug-likeness (QED) is 0.818. The number of ether oxygens (including phenoxy) is 1. The molecule has 0 bridgehead atoms. The number of hydrogen-bond acceptors (Lipinski definition) is 2. The van der Waals surface area contributed by atoms with E-state index in [9.17, 15) is 0 Å². The molecule has 1 aliphatic heterocycles. The maximum atomic E-state index is 5.61. The molecule has 0 aliphatic carbocycles. The molecule has 0 saturated heterocycles. The SMILES string of the molecule is CCOc1cccc2c1NCC(CC)C2. The van der Waals surface area contributed by atoms with Crippen molar-refractivity contribution in [3.8, 4) is 5.75 Å². The summed E-state index contributed by atoms with van der Waals surface area (Å²) in [4.78, 5) is 0. The molecule has 2 rings (SSSR count). The molecular weight excluding hydrogens is 186 g/mol. The highest BCUT2D eigenvalue weighted by Gasteiger charge is 2.19. The highest BCUT2D eigenvalue weighted by Crippen LogP contribution is 2.34. The van der Waals surface area contributed by atoms with E-state index in [1.54, 1.807) is 0 Å². The first-order valence-electron chi connectivity index (χ1n) is 5.83. The van der Waals surface area contributed by atoms with E-state index in [0.717, 1.165) is 24.8 Å². The number of anilines is 1. The van der Waals surface area contributed by atoms with Crippen LogP contribution in [-0.2, 0) is 6.42 Å². The van der Waals surface area contributed by atoms with Crippen LogP contribution in [0, 0.1) is 5.92 Å². The van der Waals surface area contributed by atoms with Gasteiger partial charge in [-0.2, -0.15) is 0 Å². The Morgan fingerprint density at radius 2 is 2.27 bits per heavy atom. The maximum absolute atomic E-state index is 5.61. The first kappa shape index (κ1) is 10.3. The van der Waals surface area contributed by atoms with E-state index in [4.69, 9.17) is 4.74 Å². The number of para-hydroxylation sites is 1. The Morgan fingerprint density at radius 3 is 3.00 bits per heavy atom. The summed E-state index contributed by atoms with van der Waals surface area (Å²) < 4.78 is 5.61. The van der Waals surface area contributed by atoms with E-state index in [-0.39, 0.29) is 0 Å². The van der Waals surface area contributed by atoms with Gasteiger partial charge in [-0.1, -0.05) is 25.5 Å². The Bertz CT molecular complexity index is 335. The van der Waals surface area contributed by atoms with E-state index in [0.29, 0.717) is 0 Å². The van der Waals surface area contributed by atoms with Crippen LogP contribution in [0.25, 0.3) is 0 Å². The van der Waals surface area contributed by atoms with Crippen LogP contribution in [0.5, 0.6) is 5.75 Å². The van der Waals surface area contributed by atoms with Crippen LogP contribution in [-0.4, -0.2) is 13.2 Å². The van der Waals surface area contributed by atoms with Gasteiger partial charge in [0.2, 0.25) is 0 Å². The Hall–Kier alpha value is -1.18. The van der Waals surface area contributed by atoms with Crippen LogP contribution >= 0.6 is 0 Å². The summed E-state index contributed by atoms with van der Waals surface area (Å²) in [6.07, 6.45) is 2.42. The van der Waals surface area contributed by atoms with Crippen LogP contribution < -0.4 is 10.1 Å². The lowest BCUT2D eigenvalue weighted by atomic mass is 9.92. The Kier molecular flexibility index (Phi) is 3.14. The summed E-state index contributed by atoms with van der Waals surface area (Å²) in [5.74, 6) is 1.78. The van der Waals surface area contributed by atoms with Crippen LogP contribution in [0.15, 0.2) is 18.2 Å². The molecule has 1 aromatic carbocycles. The normalized spacial score (nSPS) is 19.2. The molecule has 15 heavy (non-hydrogen) atoms. The van der Waals surface area contributed by atoms with Crippen LogP contribution in [0.1, 0.15) is 25.8 Å². The van der Waals surface area contributed by atoms with Gasteiger partial charge in [-0.05, 0) is 30.9 Å². The lowest BCUT2D eigenvalue weighted by Gasteiger charge is -2.26. The minimum atomic E-state index is 0.731. The minimum absolute atomic E-state index is 0.731. The molecule has 0 amide bonds. The number of nitrogens with one attached hydrogen (secondary N) is 1. The van der Waals surface area contributed by atoms with Crippen molar-refractivity contribution < 1.29 is 4.74 Å². The molecule has 0 spiro atoms. The molecule has 1 N–H and O–H groups in total. The third kappa shape index (κ3) is 2.09. The van der Waals surface area contributed by atoms with Gasteiger partial charge in [0, 0.05) is 6.54 Å². The fourth-order valence-corrected chi connectivity index (χ4v) is 2.14.